The summed E-state index contributed by atoms with van der Waals surface area (Å²) in [6.07, 6.45) is 0.505. The molecule has 0 aliphatic carbocycles. The summed E-state index contributed by atoms with van der Waals surface area (Å²) < 4.78 is 10.0. The van der Waals surface area contributed by atoms with E-state index in [1.807, 2.05) is 0 Å². The van der Waals surface area contributed by atoms with E-state index in [4.69, 9.17) is 9.47 Å². The normalized spacial score (nSPS) is 11.6. The maximum Gasteiger partial charge on any atom is 0.224 e. The number of carbonyl (C=O) groups excluding carboxylic acids is 1. The zero-order chi connectivity index (χ0) is 14.0. The van der Waals surface area contributed by atoms with Crippen molar-refractivity contribution < 1.29 is 14.3 Å². The van der Waals surface area contributed by atoms with Gasteiger partial charge in [0.25, 0.3) is 0 Å². The minimum Gasteiger partial charge on any atom is -0.383 e. The minimum absolute atomic E-state index is 0.0458. The molecule has 5 nitrogen and oxygen atoms in total. The highest BCUT2D eigenvalue weighted by molar-refractivity contribution is 5.76. The average molecular weight is 260 g/mol. The van der Waals surface area contributed by atoms with Crippen LogP contribution >= 0.6 is 0 Å². The summed E-state index contributed by atoms with van der Waals surface area (Å²) in [6, 6.07) is 0. The van der Waals surface area contributed by atoms with Crippen molar-refractivity contribution in [2.45, 2.75) is 32.7 Å². The molecule has 0 aliphatic heterocycles. The Morgan fingerprint density at radius 1 is 1.11 bits per heavy atom. The second-order valence-electron chi connectivity index (χ2n) is 5.29. The number of hydrogen-bond donors (Lipinski definition) is 1. The Morgan fingerprint density at radius 2 is 1.61 bits per heavy atom. The summed E-state index contributed by atoms with van der Waals surface area (Å²) in [5.41, 5.74) is 0.0458. The van der Waals surface area contributed by atoms with Gasteiger partial charge in [-0.05, 0) is 20.8 Å². The Hall–Kier alpha value is -0.650. The fraction of sp³-hybridized carbons (Fsp3) is 0.923. The van der Waals surface area contributed by atoms with Gasteiger partial charge in [0.2, 0.25) is 5.91 Å². The van der Waals surface area contributed by atoms with Crippen LogP contribution in [-0.2, 0) is 14.3 Å². The van der Waals surface area contributed by atoms with E-state index in [0.29, 0.717) is 39.3 Å². The number of amides is 1. The molecule has 0 saturated carbocycles. The Balaban J connectivity index is 4.03. The Kier molecular flexibility index (Phi) is 8.97. The topological polar surface area (TPSA) is 50.8 Å². The lowest BCUT2D eigenvalue weighted by Gasteiger charge is -2.24. The molecule has 0 radical (unpaired) electrons. The molecular formula is C13H28N2O3. The maximum absolute atomic E-state index is 12.0. The lowest BCUT2D eigenvalue weighted by molar-refractivity contribution is -0.132. The largest absolute Gasteiger partial charge is 0.383 e. The molecule has 0 bridgehead atoms. The maximum atomic E-state index is 12.0. The second-order valence-corrected chi connectivity index (χ2v) is 5.29. The van der Waals surface area contributed by atoms with Crippen LogP contribution in [0.3, 0.4) is 0 Å². The molecule has 0 aromatic rings. The summed E-state index contributed by atoms with van der Waals surface area (Å²) in [5.74, 6) is 0.140. The van der Waals surface area contributed by atoms with Gasteiger partial charge >= 0.3 is 0 Å². The molecule has 0 aromatic carbocycles. The molecule has 108 valence electrons. The first-order valence-electron chi connectivity index (χ1n) is 6.41. The van der Waals surface area contributed by atoms with Crippen molar-refractivity contribution >= 4 is 5.91 Å². The van der Waals surface area contributed by atoms with E-state index in [9.17, 15) is 4.79 Å². The Labute approximate surface area is 111 Å². The molecule has 0 heterocycles. The number of methoxy groups -OCH3 is 2. The number of ether oxygens (including phenoxy) is 2. The lowest BCUT2D eigenvalue weighted by Crippen LogP contribution is -2.41. The van der Waals surface area contributed by atoms with Gasteiger partial charge in [0.05, 0.1) is 13.2 Å². The van der Waals surface area contributed by atoms with Crippen LogP contribution in [0.4, 0.5) is 0 Å². The van der Waals surface area contributed by atoms with E-state index in [0.717, 1.165) is 0 Å². The van der Waals surface area contributed by atoms with E-state index >= 15 is 0 Å². The van der Waals surface area contributed by atoms with Crippen LogP contribution < -0.4 is 5.32 Å². The molecule has 0 saturated heterocycles. The summed E-state index contributed by atoms with van der Waals surface area (Å²) in [7, 11) is 3.28. The van der Waals surface area contributed by atoms with Crippen LogP contribution in [0.1, 0.15) is 27.2 Å². The van der Waals surface area contributed by atoms with Crippen molar-refractivity contribution in [2.24, 2.45) is 0 Å². The van der Waals surface area contributed by atoms with Crippen molar-refractivity contribution in [3.63, 3.8) is 0 Å². The van der Waals surface area contributed by atoms with Crippen LogP contribution in [0, 0.1) is 0 Å². The second kappa shape index (κ2) is 9.30. The first-order chi connectivity index (χ1) is 8.40. The third-order valence-electron chi connectivity index (χ3n) is 2.48. The monoisotopic (exact) mass is 260 g/mol. The standard InChI is InChI=1S/C13H28N2O3/c1-13(2,3)14-7-6-12(16)15(8-10-17-4)9-11-18-5/h14H,6-11H2,1-5H3. The summed E-state index contributed by atoms with van der Waals surface area (Å²) in [5, 5.41) is 3.31. The third-order valence-corrected chi connectivity index (χ3v) is 2.48. The highest BCUT2D eigenvalue weighted by Crippen LogP contribution is 2.00. The fourth-order valence-corrected chi connectivity index (χ4v) is 1.47. The van der Waals surface area contributed by atoms with E-state index in [1.54, 1.807) is 19.1 Å². The van der Waals surface area contributed by atoms with Gasteiger partial charge < -0.3 is 19.7 Å². The SMILES string of the molecule is COCCN(CCOC)C(=O)CCNC(C)(C)C. The van der Waals surface area contributed by atoms with Crippen molar-refractivity contribution in [1.29, 1.82) is 0 Å². The van der Waals surface area contributed by atoms with Crippen LogP contribution in [0.5, 0.6) is 0 Å². The first-order valence-corrected chi connectivity index (χ1v) is 6.41. The predicted octanol–water partition coefficient (Wildman–Crippen LogP) is 0.886. The molecular weight excluding hydrogens is 232 g/mol. The van der Waals surface area contributed by atoms with Gasteiger partial charge in [0.1, 0.15) is 0 Å². The molecule has 0 unspecified atom stereocenters. The minimum atomic E-state index is 0.0458. The number of carbonyl (C=O) groups is 1. The van der Waals surface area contributed by atoms with Gasteiger partial charge in [-0.15, -0.1) is 0 Å². The highest BCUT2D eigenvalue weighted by Gasteiger charge is 2.14. The summed E-state index contributed by atoms with van der Waals surface area (Å²) in [4.78, 5) is 13.8. The van der Waals surface area contributed by atoms with Crippen LogP contribution in [0.2, 0.25) is 0 Å². The quantitative estimate of drug-likeness (QED) is 0.669. The predicted molar refractivity (Wildman–Crippen MR) is 72.7 cm³/mol. The van der Waals surface area contributed by atoms with Crippen LogP contribution in [0.15, 0.2) is 0 Å². The van der Waals surface area contributed by atoms with Crippen molar-refractivity contribution in [1.82, 2.24) is 10.2 Å². The zero-order valence-corrected chi connectivity index (χ0v) is 12.4. The molecule has 1 N–H and O–H groups in total. The molecule has 18 heavy (non-hydrogen) atoms. The molecule has 0 atom stereocenters. The number of nitrogens with one attached hydrogen (secondary N) is 1. The zero-order valence-electron chi connectivity index (χ0n) is 12.4. The van der Waals surface area contributed by atoms with Gasteiger partial charge in [-0.1, -0.05) is 0 Å². The summed E-state index contributed by atoms with van der Waals surface area (Å²) >= 11 is 0. The number of nitrogens with zero attached hydrogens (tertiary/aromatic N) is 1. The third kappa shape index (κ3) is 9.39. The van der Waals surface area contributed by atoms with E-state index < -0.39 is 0 Å². The van der Waals surface area contributed by atoms with E-state index in [2.05, 4.69) is 26.1 Å². The van der Waals surface area contributed by atoms with E-state index in [-0.39, 0.29) is 11.4 Å². The van der Waals surface area contributed by atoms with E-state index in [1.165, 1.54) is 0 Å². The van der Waals surface area contributed by atoms with Crippen molar-refractivity contribution in [3.8, 4) is 0 Å². The molecule has 5 heteroatoms. The fourth-order valence-electron chi connectivity index (χ4n) is 1.47. The highest BCUT2D eigenvalue weighted by atomic mass is 16.5. The van der Waals surface area contributed by atoms with Crippen molar-refractivity contribution in [2.75, 3.05) is 47.1 Å². The molecule has 0 spiro atoms. The van der Waals surface area contributed by atoms with Crippen molar-refractivity contribution in [3.05, 3.63) is 0 Å². The van der Waals surface area contributed by atoms with Gasteiger partial charge in [-0.2, -0.15) is 0 Å². The Morgan fingerprint density at radius 3 is 2.00 bits per heavy atom. The van der Waals surface area contributed by atoms with Crippen LogP contribution in [0.25, 0.3) is 0 Å². The average Bonchev–Trinajstić information content (AvgIpc) is 2.27. The van der Waals surface area contributed by atoms with Gasteiger partial charge in [0, 0.05) is 45.8 Å². The molecule has 0 rings (SSSR count). The molecule has 0 aliphatic rings. The molecule has 0 aromatic heterocycles. The molecule has 0 fully saturated rings. The first kappa shape index (κ1) is 17.4. The van der Waals surface area contributed by atoms with Gasteiger partial charge in [-0.25, -0.2) is 0 Å². The van der Waals surface area contributed by atoms with Crippen LogP contribution in [-0.4, -0.2) is 63.4 Å². The molecule has 1 amide bonds. The number of hydrogen-bond acceptors (Lipinski definition) is 4. The summed E-state index contributed by atoms with van der Waals surface area (Å²) in [6.45, 7) is 9.31. The lowest BCUT2D eigenvalue weighted by atomic mass is 10.1. The Bertz CT molecular complexity index is 219. The number of rotatable bonds is 9. The van der Waals surface area contributed by atoms with Gasteiger partial charge in [-0.3, -0.25) is 4.79 Å². The van der Waals surface area contributed by atoms with Gasteiger partial charge in [0.15, 0.2) is 0 Å². The smallest absolute Gasteiger partial charge is 0.224 e.